The molecule has 0 amide bonds. The van der Waals surface area contributed by atoms with Crippen LogP contribution in [0.3, 0.4) is 0 Å². The molecule has 4 heteroatoms. The molecule has 2 rings (SSSR count). The molecule has 1 aromatic heterocycles. The van der Waals surface area contributed by atoms with Gasteiger partial charge in [0.05, 0.1) is 0 Å². The molecule has 96 valence electrons. The summed E-state index contributed by atoms with van der Waals surface area (Å²) in [4.78, 5) is 5.63. The lowest BCUT2D eigenvalue weighted by atomic mass is 10.2. The Morgan fingerprint density at radius 3 is 2.88 bits per heavy atom. The Balaban J connectivity index is 1.43. The van der Waals surface area contributed by atoms with Crippen molar-refractivity contribution in [1.29, 1.82) is 0 Å². The highest BCUT2D eigenvalue weighted by Crippen LogP contribution is 1.96. The Hall–Kier alpha value is -0.840. The first kappa shape index (κ1) is 12.6. The maximum atomic E-state index is 3.51. The van der Waals surface area contributed by atoms with E-state index < -0.39 is 0 Å². The Morgan fingerprint density at radius 1 is 1.24 bits per heavy atom. The SMILES string of the molecule is c1cc(CCNCCCN2CCNCC2)c[nH]1. The molecule has 1 aromatic rings. The summed E-state index contributed by atoms with van der Waals surface area (Å²) in [5.74, 6) is 0. The molecule has 1 saturated heterocycles. The van der Waals surface area contributed by atoms with Crippen molar-refractivity contribution in [2.24, 2.45) is 0 Å². The quantitative estimate of drug-likeness (QED) is 0.602. The number of aromatic amines is 1. The van der Waals surface area contributed by atoms with Gasteiger partial charge in [0, 0.05) is 38.6 Å². The first-order valence-corrected chi connectivity index (χ1v) is 6.70. The van der Waals surface area contributed by atoms with E-state index in [1.165, 1.54) is 31.6 Å². The van der Waals surface area contributed by atoms with E-state index in [9.17, 15) is 0 Å². The number of hydrogen-bond donors (Lipinski definition) is 3. The van der Waals surface area contributed by atoms with Crippen LogP contribution in [0.15, 0.2) is 18.5 Å². The summed E-state index contributed by atoms with van der Waals surface area (Å²) >= 11 is 0. The summed E-state index contributed by atoms with van der Waals surface area (Å²) in [6, 6.07) is 2.14. The van der Waals surface area contributed by atoms with Gasteiger partial charge in [-0.1, -0.05) is 0 Å². The van der Waals surface area contributed by atoms with Crippen LogP contribution in [0.25, 0.3) is 0 Å². The highest BCUT2D eigenvalue weighted by Gasteiger charge is 2.07. The fraction of sp³-hybridized carbons (Fsp3) is 0.692. The van der Waals surface area contributed by atoms with E-state index in [1.54, 1.807) is 0 Å². The maximum absolute atomic E-state index is 3.51. The average Bonchev–Trinajstić information content (AvgIpc) is 2.88. The lowest BCUT2D eigenvalue weighted by Gasteiger charge is -2.27. The summed E-state index contributed by atoms with van der Waals surface area (Å²) in [7, 11) is 0. The van der Waals surface area contributed by atoms with E-state index in [2.05, 4.69) is 32.8 Å². The Morgan fingerprint density at radius 2 is 2.12 bits per heavy atom. The van der Waals surface area contributed by atoms with Crippen molar-refractivity contribution in [3.8, 4) is 0 Å². The van der Waals surface area contributed by atoms with Gasteiger partial charge in [-0.15, -0.1) is 0 Å². The smallest absolute Gasteiger partial charge is 0.0107 e. The standard InChI is InChI=1S/C13H24N4/c1(9-17-10-7-15-8-11-17)4-14-5-2-13-3-6-16-12-13/h3,6,12,14-16H,1-2,4-5,7-11H2. The zero-order valence-electron chi connectivity index (χ0n) is 10.5. The number of H-pyrrole nitrogens is 1. The largest absolute Gasteiger partial charge is 0.367 e. The van der Waals surface area contributed by atoms with Crippen LogP contribution in [0.1, 0.15) is 12.0 Å². The van der Waals surface area contributed by atoms with Crippen LogP contribution in [0.5, 0.6) is 0 Å². The Labute approximate surface area is 104 Å². The molecule has 4 nitrogen and oxygen atoms in total. The van der Waals surface area contributed by atoms with Crippen molar-refractivity contribution < 1.29 is 0 Å². The zero-order chi connectivity index (χ0) is 11.8. The van der Waals surface area contributed by atoms with Gasteiger partial charge in [-0.05, 0) is 44.1 Å². The van der Waals surface area contributed by atoms with Crippen LogP contribution < -0.4 is 10.6 Å². The van der Waals surface area contributed by atoms with E-state index in [-0.39, 0.29) is 0 Å². The summed E-state index contributed by atoms with van der Waals surface area (Å²) < 4.78 is 0. The number of hydrogen-bond acceptors (Lipinski definition) is 3. The third-order valence-electron chi connectivity index (χ3n) is 3.29. The third kappa shape index (κ3) is 4.89. The van der Waals surface area contributed by atoms with E-state index in [4.69, 9.17) is 0 Å². The molecule has 1 fully saturated rings. The van der Waals surface area contributed by atoms with Gasteiger partial charge < -0.3 is 20.5 Å². The molecule has 0 aromatic carbocycles. The van der Waals surface area contributed by atoms with Crippen molar-refractivity contribution in [3.63, 3.8) is 0 Å². The molecule has 3 N–H and O–H groups in total. The van der Waals surface area contributed by atoms with Gasteiger partial charge in [0.2, 0.25) is 0 Å². The second-order valence-electron chi connectivity index (χ2n) is 4.66. The van der Waals surface area contributed by atoms with Crippen molar-refractivity contribution >= 4 is 0 Å². The number of rotatable bonds is 7. The summed E-state index contributed by atoms with van der Waals surface area (Å²) in [5, 5.41) is 6.89. The molecule has 1 aliphatic heterocycles. The van der Waals surface area contributed by atoms with Crippen molar-refractivity contribution in [2.75, 3.05) is 45.8 Å². The van der Waals surface area contributed by atoms with Crippen LogP contribution in [-0.4, -0.2) is 55.7 Å². The first-order valence-electron chi connectivity index (χ1n) is 6.70. The minimum Gasteiger partial charge on any atom is -0.367 e. The summed E-state index contributed by atoms with van der Waals surface area (Å²) in [5.41, 5.74) is 1.39. The van der Waals surface area contributed by atoms with Crippen LogP contribution in [0.4, 0.5) is 0 Å². The van der Waals surface area contributed by atoms with Crippen molar-refractivity contribution in [1.82, 2.24) is 20.5 Å². The second-order valence-corrected chi connectivity index (χ2v) is 4.66. The lowest BCUT2D eigenvalue weighted by molar-refractivity contribution is 0.238. The molecule has 1 aliphatic rings. The van der Waals surface area contributed by atoms with Gasteiger partial charge in [0.1, 0.15) is 0 Å². The molecule has 0 bridgehead atoms. The molecule has 2 heterocycles. The minimum atomic E-state index is 1.08. The molecular formula is C13H24N4. The van der Waals surface area contributed by atoms with E-state index in [1.807, 2.05) is 6.20 Å². The fourth-order valence-electron chi connectivity index (χ4n) is 2.23. The molecule has 0 unspecified atom stereocenters. The van der Waals surface area contributed by atoms with Gasteiger partial charge in [0.25, 0.3) is 0 Å². The van der Waals surface area contributed by atoms with Crippen molar-refractivity contribution in [2.45, 2.75) is 12.8 Å². The third-order valence-corrected chi connectivity index (χ3v) is 3.29. The maximum Gasteiger partial charge on any atom is 0.0107 e. The van der Waals surface area contributed by atoms with Crippen LogP contribution >= 0.6 is 0 Å². The van der Waals surface area contributed by atoms with Gasteiger partial charge in [0.15, 0.2) is 0 Å². The van der Waals surface area contributed by atoms with E-state index >= 15 is 0 Å². The predicted octanol–water partition coefficient (Wildman–Crippen LogP) is 0.442. The number of nitrogens with zero attached hydrogens (tertiary/aromatic N) is 1. The van der Waals surface area contributed by atoms with Gasteiger partial charge in [-0.3, -0.25) is 0 Å². The van der Waals surface area contributed by atoms with Gasteiger partial charge in [-0.2, -0.15) is 0 Å². The molecule has 0 atom stereocenters. The predicted molar refractivity (Wildman–Crippen MR) is 71.3 cm³/mol. The number of nitrogens with one attached hydrogen (secondary N) is 3. The van der Waals surface area contributed by atoms with E-state index in [0.29, 0.717) is 0 Å². The normalized spacial score (nSPS) is 17.4. The fourth-order valence-corrected chi connectivity index (χ4v) is 2.23. The number of aromatic nitrogens is 1. The molecular weight excluding hydrogens is 212 g/mol. The summed E-state index contributed by atoms with van der Waals surface area (Å²) in [6.45, 7) is 8.18. The van der Waals surface area contributed by atoms with Crippen LogP contribution in [-0.2, 0) is 6.42 Å². The average molecular weight is 236 g/mol. The topological polar surface area (TPSA) is 43.1 Å². The van der Waals surface area contributed by atoms with Crippen LogP contribution in [0.2, 0.25) is 0 Å². The zero-order valence-corrected chi connectivity index (χ0v) is 10.5. The van der Waals surface area contributed by atoms with Crippen LogP contribution in [0, 0.1) is 0 Å². The first-order chi connectivity index (χ1) is 8.45. The van der Waals surface area contributed by atoms with Gasteiger partial charge in [-0.25, -0.2) is 0 Å². The molecule has 17 heavy (non-hydrogen) atoms. The number of piperazine rings is 1. The van der Waals surface area contributed by atoms with E-state index in [0.717, 1.165) is 32.6 Å². The van der Waals surface area contributed by atoms with Gasteiger partial charge >= 0.3 is 0 Å². The molecule has 0 aliphatic carbocycles. The Bertz CT molecular complexity index is 278. The highest BCUT2D eigenvalue weighted by molar-refractivity contribution is 5.08. The molecule has 0 spiro atoms. The minimum absolute atomic E-state index is 1.08. The second kappa shape index (κ2) is 7.48. The molecule has 0 saturated carbocycles. The summed E-state index contributed by atoms with van der Waals surface area (Å²) in [6.07, 6.45) is 6.44. The monoisotopic (exact) mass is 236 g/mol. The molecule has 0 radical (unpaired) electrons. The lowest BCUT2D eigenvalue weighted by Crippen LogP contribution is -2.44. The Kier molecular flexibility index (Phi) is 5.55. The highest BCUT2D eigenvalue weighted by atomic mass is 15.2. The van der Waals surface area contributed by atoms with Crippen molar-refractivity contribution in [3.05, 3.63) is 24.0 Å².